The quantitative estimate of drug-likeness (QED) is 0.142. The Balaban J connectivity index is 1.27. The Bertz CT molecular complexity index is 1880. The minimum absolute atomic E-state index is 0.127. The number of carbonyl (C=O) groups excluding carboxylic acids is 1. The van der Waals surface area contributed by atoms with Crippen molar-refractivity contribution in [1.29, 1.82) is 0 Å². The summed E-state index contributed by atoms with van der Waals surface area (Å²) in [7, 11) is 3.92. The number of rotatable bonds is 11. The smallest absolute Gasteiger partial charge is 0.248 e. The van der Waals surface area contributed by atoms with Crippen LogP contribution < -0.4 is 16.0 Å². The highest BCUT2D eigenvalue weighted by atomic mass is 16.3. The van der Waals surface area contributed by atoms with E-state index in [1.807, 2.05) is 67.7 Å². The summed E-state index contributed by atoms with van der Waals surface area (Å²) in [5, 5.41) is 26.5. The lowest BCUT2D eigenvalue weighted by molar-refractivity contribution is -0.111. The van der Waals surface area contributed by atoms with E-state index in [4.69, 9.17) is 15.0 Å². The number of hydrogen-bond donors (Lipinski definition) is 4. The van der Waals surface area contributed by atoms with Crippen molar-refractivity contribution in [3.63, 3.8) is 0 Å². The standard InChI is InChI=1S/C35H41N9O2/c1-22(2)30-21-38-44-33(30)41-34(40-26-11-13-27(45)19-26)42-35(44)37-20-24-8-5-6-9-28(24)32-29-14-12-25(18-23(29)15-16-36-32)39-31(46)10-7-17-43(3)4/h5-10,12,14-16,18,21-22,26-27,45H,11,13,17,19-20H2,1-4H3,(H,39,46)(H2,37,40,41,42)/b10-7+/t26?,27-/m0/s1. The van der Waals surface area contributed by atoms with Crippen molar-refractivity contribution in [2.75, 3.05) is 36.6 Å². The molecule has 1 aliphatic carbocycles. The number of benzene rings is 2. The molecule has 0 radical (unpaired) electrons. The van der Waals surface area contributed by atoms with Crippen LogP contribution in [0.4, 0.5) is 17.6 Å². The monoisotopic (exact) mass is 619 g/mol. The summed E-state index contributed by atoms with van der Waals surface area (Å²) in [5.41, 5.74) is 5.42. The highest BCUT2D eigenvalue weighted by Gasteiger charge is 2.24. The lowest BCUT2D eigenvalue weighted by atomic mass is 9.99. The second kappa shape index (κ2) is 13.6. The molecule has 1 amide bonds. The molecule has 1 saturated carbocycles. The van der Waals surface area contributed by atoms with Gasteiger partial charge in [0.1, 0.15) is 0 Å². The number of pyridine rings is 1. The molecule has 5 aromatic rings. The van der Waals surface area contributed by atoms with E-state index in [0.29, 0.717) is 31.4 Å². The van der Waals surface area contributed by atoms with Gasteiger partial charge in [-0.05, 0) is 68.4 Å². The van der Waals surface area contributed by atoms with E-state index in [9.17, 15) is 9.90 Å². The van der Waals surface area contributed by atoms with Crippen molar-refractivity contribution in [2.45, 2.75) is 57.7 Å². The summed E-state index contributed by atoms with van der Waals surface area (Å²) in [5.74, 6) is 1.19. The fourth-order valence-corrected chi connectivity index (χ4v) is 5.86. The summed E-state index contributed by atoms with van der Waals surface area (Å²) in [6.07, 6.45) is 9.09. The minimum Gasteiger partial charge on any atom is -0.393 e. The zero-order chi connectivity index (χ0) is 32.2. The maximum atomic E-state index is 12.4. The number of hydrogen-bond acceptors (Lipinski definition) is 9. The van der Waals surface area contributed by atoms with Gasteiger partial charge in [0.2, 0.25) is 17.8 Å². The van der Waals surface area contributed by atoms with Crippen molar-refractivity contribution in [3.8, 4) is 11.3 Å². The van der Waals surface area contributed by atoms with Crippen LogP contribution in [0.15, 0.2) is 73.1 Å². The first kappa shape index (κ1) is 31.1. The van der Waals surface area contributed by atoms with Gasteiger partial charge >= 0.3 is 0 Å². The van der Waals surface area contributed by atoms with Gasteiger partial charge in [0.15, 0.2) is 5.65 Å². The Hall–Kier alpha value is -4.87. The van der Waals surface area contributed by atoms with Gasteiger partial charge in [-0.15, -0.1) is 0 Å². The topological polar surface area (TPSA) is 133 Å². The van der Waals surface area contributed by atoms with Gasteiger partial charge in [-0.1, -0.05) is 50.3 Å². The third-order valence-corrected chi connectivity index (χ3v) is 8.24. The molecule has 3 heterocycles. The van der Waals surface area contributed by atoms with Crippen molar-refractivity contribution in [1.82, 2.24) is 29.5 Å². The zero-order valence-electron chi connectivity index (χ0n) is 26.7. The fraction of sp³-hybridized carbons (Fsp3) is 0.343. The molecule has 4 N–H and O–H groups in total. The second-order valence-electron chi connectivity index (χ2n) is 12.4. The fourth-order valence-electron chi connectivity index (χ4n) is 5.86. The van der Waals surface area contributed by atoms with Crippen LogP contribution >= 0.6 is 0 Å². The summed E-state index contributed by atoms with van der Waals surface area (Å²) in [4.78, 5) is 28.8. The van der Waals surface area contributed by atoms with Crippen molar-refractivity contribution in [2.24, 2.45) is 0 Å². The van der Waals surface area contributed by atoms with E-state index in [1.165, 1.54) is 0 Å². The van der Waals surface area contributed by atoms with Crippen molar-refractivity contribution in [3.05, 3.63) is 84.2 Å². The summed E-state index contributed by atoms with van der Waals surface area (Å²) in [6, 6.07) is 16.1. The summed E-state index contributed by atoms with van der Waals surface area (Å²) >= 11 is 0. The Morgan fingerprint density at radius 1 is 1.13 bits per heavy atom. The second-order valence-corrected chi connectivity index (χ2v) is 12.4. The van der Waals surface area contributed by atoms with Crippen molar-refractivity contribution < 1.29 is 9.90 Å². The molecule has 0 spiro atoms. The first-order valence-electron chi connectivity index (χ1n) is 15.8. The predicted molar refractivity (Wildman–Crippen MR) is 183 cm³/mol. The molecule has 2 atom stereocenters. The van der Waals surface area contributed by atoms with E-state index in [-0.39, 0.29) is 24.0 Å². The molecule has 3 aromatic heterocycles. The molecule has 0 aliphatic heterocycles. The first-order chi connectivity index (χ1) is 22.2. The van der Waals surface area contributed by atoms with E-state index < -0.39 is 0 Å². The lowest BCUT2D eigenvalue weighted by Crippen LogP contribution is -2.20. The average molecular weight is 620 g/mol. The Morgan fingerprint density at radius 3 is 2.76 bits per heavy atom. The van der Waals surface area contributed by atoms with Gasteiger partial charge in [-0.25, -0.2) is 0 Å². The number of nitrogens with zero attached hydrogens (tertiary/aromatic N) is 6. The van der Waals surface area contributed by atoms with E-state index >= 15 is 0 Å². The molecule has 2 aromatic carbocycles. The molecular formula is C35H41N9O2. The molecule has 1 aliphatic rings. The Labute approximate surface area is 268 Å². The number of aliphatic hydroxyl groups is 1. The number of aliphatic hydroxyl groups excluding tert-OH is 1. The van der Waals surface area contributed by atoms with Crippen LogP contribution in [-0.4, -0.2) is 73.3 Å². The van der Waals surface area contributed by atoms with Crippen LogP contribution in [0.25, 0.3) is 27.7 Å². The number of carbonyl (C=O) groups is 1. The molecule has 238 valence electrons. The molecular weight excluding hydrogens is 578 g/mol. The normalized spacial score (nSPS) is 16.7. The zero-order valence-corrected chi connectivity index (χ0v) is 26.7. The SMILES string of the molecule is CC(C)c1cnn2c(NCc3ccccc3-c3nccc4cc(NC(=O)/C=C/CN(C)C)ccc34)nc(NC3CC[C@H](O)C3)nc12. The maximum Gasteiger partial charge on any atom is 0.248 e. The van der Waals surface area contributed by atoms with Crippen LogP contribution in [-0.2, 0) is 11.3 Å². The Kier molecular flexibility index (Phi) is 9.23. The highest BCUT2D eigenvalue weighted by molar-refractivity contribution is 6.02. The summed E-state index contributed by atoms with van der Waals surface area (Å²) in [6.45, 7) is 5.42. The van der Waals surface area contributed by atoms with E-state index in [1.54, 1.807) is 16.8 Å². The maximum absolute atomic E-state index is 12.4. The van der Waals surface area contributed by atoms with Gasteiger partial charge in [0.05, 0.1) is 18.0 Å². The molecule has 0 bridgehead atoms. The minimum atomic E-state index is -0.292. The van der Waals surface area contributed by atoms with Gasteiger partial charge in [-0.3, -0.25) is 9.78 Å². The number of likely N-dealkylation sites (N-methyl/N-ethyl adjacent to an activating group) is 1. The van der Waals surface area contributed by atoms with Crippen LogP contribution in [0.2, 0.25) is 0 Å². The number of anilines is 3. The molecule has 6 rings (SSSR count). The van der Waals surface area contributed by atoms with E-state index in [2.05, 4.69) is 47.0 Å². The molecule has 1 fully saturated rings. The lowest BCUT2D eigenvalue weighted by Gasteiger charge is -2.16. The molecule has 46 heavy (non-hydrogen) atoms. The summed E-state index contributed by atoms with van der Waals surface area (Å²) < 4.78 is 1.76. The number of aromatic nitrogens is 5. The number of nitrogens with one attached hydrogen (secondary N) is 3. The third kappa shape index (κ3) is 7.00. The molecule has 11 nitrogen and oxygen atoms in total. The van der Waals surface area contributed by atoms with Crippen molar-refractivity contribution >= 4 is 39.9 Å². The average Bonchev–Trinajstić information content (AvgIpc) is 3.65. The van der Waals surface area contributed by atoms with E-state index in [0.717, 1.165) is 57.3 Å². The third-order valence-electron chi connectivity index (χ3n) is 8.24. The first-order valence-corrected chi connectivity index (χ1v) is 15.8. The molecule has 1 unspecified atom stereocenters. The van der Waals surface area contributed by atoms with Crippen LogP contribution in [0.5, 0.6) is 0 Å². The predicted octanol–water partition coefficient (Wildman–Crippen LogP) is 5.46. The van der Waals surface area contributed by atoms with Gasteiger partial charge in [0.25, 0.3) is 0 Å². The van der Waals surface area contributed by atoms with Crippen LogP contribution in [0.3, 0.4) is 0 Å². The largest absolute Gasteiger partial charge is 0.393 e. The molecule has 0 saturated heterocycles. The van der Waals surface area contributed by atoms with Crippen LogP contribution in [0.1, 0.15) is 50.2 Å². The number of fused-ring (bicyclic) bond motifs is 2. The van der Waals surface area contributed by atoms with Gasteiger partial charge in [-0.2, -0.15) is 19.6 Å². The van der Waals surface area contributed by atoms with Gasteiger partial charge in [0, 0.05) is 53.6 Å². The highest BCUT2D eigenvalue weighted by Crippen LogP contribution is 2.32. The van der Waals surface area contributed by atoms with Crippen LogP contribution in [0, 0.1) is 0 Å². The molecule has 11 heteroatoms. The number of amides is 1. The van der Waals surface area contributed by atoms with Gasteiger partial charge < -0.3 is 26.0 Å². The Morgan fingerprint density at radius 2 is 1.98 bits per heavy atom.